The molecule has 0 spiro atoms. The fourth-order valence-corrected chi connectivity index (χ4v) is 0.837. The van der Waals surface area contributed by atoms with Crippen LogP contribution in [0.1, 0.15) is 39.5 Å². The molecule has 3 nitrogen and oxygen atoms in total. The van der Waals surface area contributed by atoms with E-state index in [0.717, 1.165) is 0 Å². The van der Waals surface area contributed by atoms with Crippen LogP contribution in [-0.2, 0) is 14.4 Å². The van der Waals surface area contributed by atoms with Crippen LogP contribution < -0.4 is 0 Å². The Morgan fingerprint density at radius 2 is 1.17 bits per heavy atom. The predicted octanol–water partition coefficient (Wildman–Crippen LogP) is 1.29. The number of carbonyl (C=O) groups excluding carboxylic acids is 3. The van der Waals surface area contributed by atoms with E-state index in [-0.39, 0.29) is 12.8 Å². The summed E-state index contributed by atoms with van der Waals surface area (Å²) in [5.74, 6) is -1.91. The maximum atomic E-state index is 10.9. The number of Topliss-reactive ketones (excluding diaryl/α,β-unsaturated/α-hetero) is 3. The van der Waals surface area contributed by atoms with Crippen molar-refractivity contribution in [3.63, 3.8) is 0 Å². The topological polar surface area (TPSA) is 51.2 Å². The van der Waals surface area contributed by atoms with E-state index in [2.05, 4.69) is 0 Å². The number of hydrogen-bond donors (Lipinski definition) is 0. The minimum atomic E-state index is -0.821. The van der Waals surface area contributed by atoms with E-state index in [1.54, 1.807) is 13.8 Å². The highest BCUT2D eigenvalue weighted by molar-refractivity contribution is 6.63. The van der Waals surface area contributed by atoms with Gasteiger partial charge in [0.25, 0.3) is 5.78 Å². The summed E-state index contributed by atoms with van der Waals surface area (Å²) in [6, 6.07) is 0. The monoisotopic (exact) mass is 170 g/mol. The van der Waals surface area contributed by atoms with Crippen LogP contribution >= 0.6 is 0 Å². The van der Waals surface area contributed by atoms with Crippen molar-refractivity contribution in [3.05, 3.63) is 0 Å². The van der Waals surface area contributed by atoms with Crippen LogP contribution in [0.25, 0.3) is 0 Å². The van der Waals surface area contributed by atoms with Crippen LogP contribution in [0.4, 0.5) is 0 Å². The number of hydrogen-bond acceptors (Lipinski definition) is 3. The molecule has 0 bridgehead atoms. The van der Waals surface area contributed by atoms with Crippen molar-refractivity contribution in [3.8, 4) is 0 Å². The summed E-state index contributed by atoms with van der Waals surface area (Å²) < 4.78 is 0. The quantitative estimate of drug-likeness (QED) is 0.446. The Morgan fingerprint density at radius 3 is 1.42 bits per heavy atom. The van der Waals surface area contributed by atoms with Crippen LogP contribution in [0, 0.1) is 0 Å². The van der Waals surface area contributed by atoms with Crippen molar-refractivity contribution in [1.29, 1.82) is 0 Å². The van der Waals surface area contributed by atoms with Crippen molar-refractivity contribution in [1.82, 2.24) is 0 Å². The molecule has 3 heteroatoms. The number of ketones is 3. The first-order valence-electron chi connectivity index (χ1n) is 4.23. The first-order chi connectivity index (χ1) is 5.63. The van der Waals surface area contributed by atoms with Gasteiger partial charge in [-0.3, -0.25) is 14.4 Å². The minimum absolute atomic E-state index is 0.189. The summed E-state index contributed by atoms with van der Waals surface area (Å²) in [5.41, 5.74) is 0. The zero-order chi connectivity index (χ0) is 9.56. The van der Waals surface area contributed by atoms with Crippen LogP contribution in [0.5, 0.6) is 0 Å². The van der Waals surface area contributed by atoms with Gasteiger partial charge in [-0.15, -0.1) is 0 Å². The molecule has 0 amide bonds. The molecule has 0 rings (SSSR count). The van der Waals surface area contributed by atoms with Gasteiger partial charge >= 0.3 is 0 Å². The smallest absolute Gasteiger partial charge is 0.264 e. The Labute approximate surface area is 72.1 Å². The van der Waals surface area contributed by atoms with Gasteiger partial charge in [-0.25, -0.2) is 0 Å². The third-order valence-electron chi connectivity index (χ3n) is 1.46. The minimum Gasteiger partial charge on any atom is -0.290 e. The molecule has 0 unspecified atom stereocenters. The molecule has 12 heavy (non-hydrogen) atoms. The van der Waals surface area contributed by atoms with E-state index in [1.807, 2.05) is 0 Å². The molecule has 0 radical (unpaired) electrons. The van der Waals surface area contributed by atoms with E-state index >= 15 is 0 Å². The van der Waals surface area contributed by atoms with E-state index in [1.165, 1.54) is 0 Å². The molecule has 0 saturated carbocycles. The Hall–Kier alpha value is -0.990. The van der Waals surface area contributed by atoms with E-state index in [0.29, 0.717) is 12.8 Å². The lowest BCUT2D eigenvalue weighted by molar-refractivity contribution is -0.144. The number of rotatable bonds is 6. The predicted molar refractivity (Wildman–Crippen MR) is 44.8 cm³/mol. The Morgan fingerprint density at radius 1 is 0.833 bits per heavy atom. The third kappa shape index (κ3) is 3.42. The van der Waals surface area contributed by atoms with Gasteiger partial charge in [0.05, 0.1) is 0 Å². The highest BCUT2D eigenvalue weighted by atomic mass is 16.2. The van der Waals surface area contributed by atoms with Crippen molar-refractivity contribution in [2.24, 2.45) is 0 Å². The third-order valence-corrected chi connectivity index (χ3v) is 1.46. The standard InChI is InChI=1S/C9H14O3/c1-3-5-7(10)9(12)8(11)6-4-2/h3-6H2,1-2H3. The summed E-state index contributed by atoms with van der Waals surface area (Å²) in [4.78, 5) is 32.7. The van der Waals surface area contributed by atoms with Crippen molar-refractivity contribution < 1.29 is 14.4 Å². The molecular weight excluding hydrogens is 156 g/mol. The van der Waals surface area contributed by atoms with Gasteiger partial charge in [0.1, 0.15) is 0 Å². The molecule has 0 N–H and O–H groups in total. The van der Waals surface area contributed by atoms with Crippen molar-refractivity contribution in [2.75, 3.05) is 0 Å². The maximum Gasteiger partial charge on any atom is 0.264 e. The summed E-state index contributed by atoms with van der Waals surface area (Å²) in [5, 5.41) is 0. The molecular formula is C9H14O3. The molecule has 0 fully saturated rings. The Balaban J connectivity index is 4.01. The largest absolute Gasteiger partial charge is 0.290 e. The average Bonchev–Trinajstić information content (AvgIpc) is 2.04. The first kappa shape index (κ1) is 11.0. The van der Waals surface area contributed by atoms with E-state index < -0.39 is 17.3 Å². The second kappa shape index (κ2) is 5.63. The van der Waals surface area contributed by atoms with Gasteiger partial charge in [-0.05, 0) is 12.8 Å². The van der Waals surface area contributed by atoms with Crippen LogP contribution in [-0.4, -0.2) is 17.3 Å². The normalized spacial score (nSPS) is 9.50. The van der Waals surface area contributed by atoms with Crippen LogP contribution in [0.15, 0.2) is 0 Å². The second-order valence-corrected chi connectivity index (χ2v) is 2.68. The molecule has 0 aliphatic rings. The highest BCUT2D eigenvalue weighted by Crippen LogP contribution is 1.96. The van der Waals surface area contributed by atoms with Gasteiger partial charge in [0.2, 0.25) is 11.6 Å². The van der Waals surface area contributed by atoms with Crippen LogP contribution in [0.3, 0.4) is 0 Å². The molecule has 0 aromatic rings. The molecule has 0 aromatic heterocycles. The molecule has 0 atom stereocenters. The lowest BCUT2D eigenvalue weighted by Crippen LogP contribution is -2.23. The fraction of sp³-hybridized carbons (Fsp3) is 0.667. The highest BCUT2D eigenvalue weighted by Gasteiger charge is 2.19. The molecule has 0 aliphatic heterocycles. The summed E-state index contributed by atoms with van der Waals surface area (Å²) in [6.07, 6.45) is 1.61. The van der Waals surface area contributed by atoms with Gasteiger partial charge in [0, 0.05) is 12.8 Å². The van der Waals surface area contributed by atoms with E-state index in [9.17, 15) is 14.4 Å². The average molecular weight is 170 g/mol. The first-order valence-corrected chi connectivity index (χ1v) is 4.23. The Bertz CT molecular complexity index is 174. The number of carbonyl (C=O) groups is 3. The summed E-state index contributed by atoms with van der Waals surface area (Å²) in [7, 11) is 0. The fourth-order valence-electron chi connectivity index (χ4n) is 0.837. The van der Waals surface area contributed by atoms with Gasteiger partial charge in [-0.2, -0.15) is 0 Å². The van der Waals surface area contributed by atoms with Gasteiger partial charge in [-0.1, -0.05) is 13.8 Å². The second-order valence-electron chi connectivity index (χ2n) is 2.68. The lowest BCUT2D eigenvalue weighted by Gasteiger charge is -1.95. The lowest BCUT2D eigenvalue weighted by atomic mass is 10.1. The molecule has 0 aromatic carbocycles. The summed E-state index contributed by atoms with van der Waals surface area (Å²) in [6.45, 7) is 3.60. The molecule has 0 saturated heterocycles. The SMILES string of the molecule is CCCC(=O)C(=O)C(=O)CCC. The molecule has 0 heterocycles. The van der Waals surface area contributed by atoms with Gasteiger partial charge < -0.3 is 0 Å². The molecule has 0 aliphatic carbocycles. The van der Waals surface area contributed by atoms with Crippen molar-refractivity contribution in [2.45, 2.75) is 39.5 Å². The Kier molecular flexibility index (Phi) is 5.17. The summed E-state index contributed by atoms with van der Waals surface area (Å²) >= 11 is 0. The van der Waals surface area contributed by atoms with E-state index in [4.69, 9.17) is 0 Å². The zero-order valence-corrected chi connectivity index (χ0v) is 7.55. The van der Waals surface area contributed by atoms with Crippen LogP contribution in [0.2, 0.25) is 0 Å². The maximum absolute atomic E-state index is 10.9. The van der Waals surface area contributed by atoms with Crippen molar-refractivity contribution >= 4 is 17.3 Å². The molecule has 68 valence electrons. The zero-order valence-electron chi connectivity index (χ0n) is 7.55. The van der Waals surface area contributed by atoms with Gasteiger partial charge in [0.15, 0.2) is 0 Å².